The van der Waals surface area contributed by atoms with E-state index < -0.39 is 0 Å². The summed E-state index contributed by atoms with van der Waals surface area (Å²) in [4.78, 5) is 18.4. The summed E-state index contributed by atoms with van der Waals surface area (Å²) in [7, 11) is 5.07. The first-order chi connectivity index (χ1) is 20.1. The van der Waals surface area contributed by atoms with E-state index in [1.54, 1.807) is 18.4 Å². The number of nitrogens with zero attached hydrogens (tertiary/aromatic N) is 1. The Morgan fingerprint density at radius 3 is 2.46 bits per heavy atom. The molecule has 0 spiro atoms. The number of thiophene rings is 1. The smallest absolute Gasteiger partial charge is 0.348 e. The van der Waals surface area contributed by atoms with Gasteiger partial charge in [-0.3, -0.25) is 4.99 Å². The molecule has 0 amide bonds. The summed E-state index contributed by atoms with van der Waals surface area (Å²) in [5.41, 5.74) is 5.09. The van der Waals surface area contributed by atoms with Crippen LogP contribution in [0.2, 0.25) is 0 Å². The molecule has 3 atom stereocenters. The van der Waals surface area contributed by atoms with Crippen molar-refractivity contribution in [2.75, 3.05) is 21.3 Å². The second-order valence-corrected chi connectivity index (χ2v) is 12.1. The molecule has 1 aliphatic rings. The van der Waals surface area contributed by atoms with Gasteiger partial charge in [0, 0.05) is 23.6 Å². The van der Waals surface area contributed by atoms with Gasteiger partial charge in [-0.05, 0) is 85.4 Å². The lowest BCUT2D eigenvalue weighted by atomic mass is 9.84. The fourth-order valence-electron chi connectivity index (χ4n) is 5.98. The molecule has 1 saturated carbocycles. The Hall–Kier alpha value is -2.96. The molecule has 3 aromatic rings. The first-order valence-corrected chi connectivity index (χ1v) is 15.8. The zero-order chi connectivity index (χ0) is 29.0. The molecular formula is C35H45NO4S. The van der Waals surface area contributed by atoms with Crippen LogP contribution in [0.5, 0.6) is 5.75 Å². The standard InChI is InChI=1S/C35H45NO4S/c1-5-6-7-11-32(40-24-25-12-19-29(38-3)20-13-25)26-14-16-28(17-15-26)34-27(18-22-31(34)36-2)9-8-10-30-21-23-33(41-30)35(37)39-4/h12-17,19-21,23,27,32,34H,5-11,18,22,24H2,1-4H3/t27-,32?,34-/m0/s1. The molecule has 1 unspecified atom stereocenters. The Morgan fingerprint density at radius 2 is 1.78 bits per heavy atom. The highest BCUT2D eigenvalue weighted by molar-refractivity contribution is 7.13. The summed E-state index contributed by atoms with van der Waals surface area (Å²) in [6.45, 7) is 2.83. The molecule has 2 aromatic carbocycles. The zero-order valence-corrected chi connectivity index (χ0v) is 25.9. The summed E-state index contributed by atoms with van der Waals surface area (Å²) in [6, 6.07) is 21.3. The van der Waals surface area contributed by atoms with Crippen molar-refractivity contribution in [3.63, 3.8) is 0 Å². The number of rotatable bonds is 15. The Morgan fingerprint density at radius 1 is 1.00 bits per heavy atom. The Labute approximate surface area is 250 Å². The highest BCUT2D eigenvalue weighted by atomic mass is 32.1. The van der Waals surface area contributed by atoms with Crippen molar-refractivity contribution in [2.45, 2.75) is 83.3 Å². The second kappa shape index (κ2) is 15.9. The molecule has 0 bridgehead atoms. The maximum absolute atomic E-state index is 11.8. The summed E-state index contributed by atoms with van der Waals surface area (Å²) in [5, 5.41) is 0. The SMILES string of the molecule is CCCCCC(OCc1ccc(OC)cc1)c1ccc([C@H]2C(=NC)CC[C@@H]2CCCc2ccc(C(=O)OC)s2)cc1. The number of carbonyl (C=O) groups is 1. The average Bonchev–Trinajstić information content (AvgIpc) is 3.66. The zero-order valence-electron chi connectivity index (χ0n) is 25.1. The van der Waals surface area contributed by atoms with Crippen LogP contribution >= 0.6 is 11.3 Å². The monoisotopic (exact) mass is 575 g/mol. The lowest BCUT2D eigenvalue weighted by Crippen LogP contribution is -2.14. The van der Waals surface area contributed by atoms with Crippen LogP contribution in [0, 0.1) is 5.92 Å². The van der Waals surface area contributed by atoms with Gasteiger partial charge in [-0.25, -0.2) is 4.79 Å². The van der Waals surface area contributed by atoms with E-state index in [1.165, 1.54) is 48.1 Å². The van der Waals surface area contributed by atoms with Crippen LogP contribution < -0.4 is 4.74 Å². The Bertz CT molecular complexity index is 1250. The number of hydrogen-bond acceptors (Lipinski definition) is 6. The lowest BCUT2D eigenvalue weighted by molar-refractivity contribution is 0.0322. The molecule has 220 valence electrons. The normalized spacial score (nSPS) is 18.5. The molecule has 0 N–H and O–H groups in total. The largest absolute Gasteiger partial charge is 0.497 e. The summed E-state index contributed by atoms with van der Waals surface area (Å²) < 4.78 is 16.6. The van der Waals surface area contributed by atoms with E-state index in [9.17, 15) is 4.79 Å². The molecule has 0 radical (unpaired) electrons. The van der Waals surface area contributed by atoms with Gasteiger partial charge in [0.2, 0.25) is 0 Å². The maximum Gasteiger partial charge on any atom is 0.348 e. The van der Waals surface area contributed by atoms with Gasteiger partial charge in [0.15, 0.2) is 0 Å². The molecule has 6 heteroatoms. The number of ether oxygens (including phenoxy) is 3. The van der Waals surface area contributed by atoms with Gasteiger partial charge < -0.3 is 14.2 Å². The fourth-order valence-corrected chi connectivity index (χ4v) is 6.95. The molecule has 41 heavy (non-hydrogen) atoms. The maximum atomic E-state index is 11.8. The van der Waals surface area contributed by atoms with Crippen molar-refractivity contribution in [3.8, 4) is 5.75 Å². The predicted molar refractivity (Wildman–Crippen MR) is 169 cm³/mol. The third-order valence-corrected chi connectivity index (χ3v) is 9.41. The number of hydrogen-bond donors (Lipinski definition) is 0. The molecule has 1 aliphatic carbocycles. The van der Waals surface area contributed by atoms with Gasteiger partial charge in [-0.1, -0.05) is 62.6 Å². The molecular weight excluding hydrogens is 530 g/mol. The summed E-state index contributed by atoms with van der Waals surface area (Å²) in [6.07, 6.45) is 10.2. The average molecular weight is 576 g/mol. The Balaban J connectivity index is 1.40. The third-order valence-electron chi connectivity index (χ3n) is 8.28. The highest BCUT2D eigenvalue weighted by Crippen LogP contribution is 2.41. The van der Waals surface area contributed by atoms with E-state index in [-0.39, 0.29) is 12.1 Å². The molecule has 1 heterocycles. The van der Waals surface area contributed by atoms with Crippen LogP contribution in [-0.4, -0.2) is 32.9 Å². The van der Waals surface area contributed by atoms with Crippen LogP contribution in [0.3, 0.4) is 0 Å². The fraction of sp³-hybridized carbons (Fsp3) is 0.486. The van der Waals surface area contributed by atoms with Crippen molar-refractivity contribution in [1.82, 2.24) is 0 Å². The number of esters is 1. The van der Waals surface area contributed by atoms with Crippen molar-refractivity contribution >= 4 is 23.0 Å². The number of carbonyl (C=O) groups excluding carboxylic acids is 1. The molecule has 4 rings (SSSR count). The van der Waals surface area contributed by atoms with E-state index >= 15 is 0 Å². The number of aliphatic imine (C=N–C) groups is 1. The molecule has 1 fully saturated rings. The number of unbranched alkanes of at least 4 members (excludes halogenated alkanes) is 2. The first-order valence-electron chi connectivity index (χ1n) is 15.0. The lowest BCUT2D eigenvalue weighted by Gasteiger charge is -2.23. The van der Waals surface area contributed by atoms with Crippen LogP contribution in [0.25, 0.3) is 0 Å². The second-order valence-electron chi connectivity index (χ2n) is 11.0. The van der Waals surface area contributed by atoms with Crippen LogP contribution in [0.4, 0.5) is 0 Å². The third kappa shape index (κ3) is 8.52. The van der Waals surface area contributed by atoms with Crippen molar-refractivity contribution in [2.24, 2.45) is 10.9 Å². The number of methoxy groups -OCH3 is 2. The van der Waals surface area contributed by atoms with Gasteiger partial charge in [-0.2, -0.15) is 0 Å². The minimum absolute atomic E-state index is 0.0806. The van der Waals surface area contributed by atoms with E-state index in [2.05, 4.69) is 49.4 Å². The van der Waals surface area contributed by atoms with Gasteiger partial charge in [0.1, 0.15) is 10.6 Å². The summed E-state index contributed by atoms with van der Waals surface area (Å²) in [5.74, 6) is 1.58. The van der Waals surface area contributed by atoms with E-state index in [0.29, 0.717) is 23.3 Å². The van der Waals surface area contributed by atoms with Crippen molar-refractivity contribution < 1.29 is 19.0 Å². The Kier molecular flexibility index (Phi) is 12.0. The first kappa shape index (κ1) is 31.0. The predicted octanol–water partition coefficient (Wildman–Crippen LogP) is 8.97. The van der Waals surface area contributed by atoms with Gasteiger partial charge >= 0.3 is 5.97 Å². The molecule has 0 aliphatic heterocycles. The number of benzene rings is 2. The van der Waals surface area contributed by atoms with Crippen LogP contribution in [0.15, 0.2) is 65.7 Å². The topological polar surface area (TPSA) is 57.1 Å². The summed E-state index contributed by atoms with van der Waals surface area (Å²) >= 11 is 1.55. The van der Waals surface area contributed by atoms with Crippen LogP contribution in [-0.2, 0) is 22.5 Å². The van der Waals surface area contributed by atoms with E-state index in [1.807, 2.05) is 25.2 Å². The van der Waals surface area contributed by atoms with Crippen LogP contribution in [0.1, 0.15) is 102 Å². The van der Waals surface area contributed by atoms with E-state index in [4.69, 9.17) is 19.2 Å². The number of aryl methyl sites for hydroxylation is 1. The van der Waals surface area contributed by atoms with Crippen molar-refractivity contribution in [3.05, 3.63) is 87.1 Å². The highest BCUT2D eigenvalue weighted by Gasteiger charge is 2.33. The molecule has 0 saturated heterocycles. The minimum atomic E-state index is -0.247. The van der Waals surface area contributed by atoms with Gasteiger partial charge in [-0.15, -0.1) is 11.3 Å². The van der Waals surface area contributed by atoms with E-state index in [0.717, 1.165) is 49.8 Å². The minimum Gasteiger partial charge on any atom is -0.497 e. The molecule has 5 nitrogen and oxygen atoms in total. The van der Waals surface area contributed by atoms with Gasteiger partial charge in [0.25, 0.3) is 0 Å². The van der Waals surface area contributed by atoms with Crippen molar-refractivity contribution in [1.29, 1.82) is 0 Å². The quantitative estimate of drug-likeness (QED) is 0.134. The van der Waals surface area contributed by atoms with Gasteiger partial charge in [0.05, 0.1) is 26.9 Å². The molecule has 1 aromatic heterocycles.